The number of carboxylic acids is 1. The van der Waals surface area contributed by atoms with Crippen molar-refractivity contribution in [3.63, 3.8) is 0 Å². The molecule has 0 spiro atoms. The number of hydrogen-bond acceptors (Lipinski definition) is 5. The molecule has 20 heavy (non-hydrogen) atoms. The van der Waals surface area contributed by atoms with Gasteiger partial charge in [-0.25, -0.2) is 4.79 Å². The second-order valence-electron chi connectivity index (χ2n) is 4.07. The first-order chi connectivity index (χ1) is 9.29. The van der Waals surface area contributed by atoms with Gasteiger partial charge < -0.3 is 10.0 Å². The summed E-state index contributed by atoms with van der Waals surface area (Å²) < 4.78 is 0. The summed E-state index contributed by atoms with van der Waals surface area (Å²) in [6.45, 7) is 1.37. The zero-order valence-corrected chi connectivity index (χ0v) is 12.0. The lowest BCUT2D eigenvalue weighted by Gasteiger charge is -2.21. The number of nitro benzene ring substituents is 1. The van der Waals surface area contributed by atoms with Crippen LogP contribution >= 0.6 is 11.8 Å². The molecule has 0 fully saturated rings. The molecular formula is C12H14N2O5S. The molecule has 1 rings (SSSR count). The molecule has 8 heteroatoms. The van der Waals surface area contributed by atoms with Crippen LogP contribution in [0.1, 0.15) is 17.3 Å². The van der Waals surface area contributed by atoms with Crippen molar-refractivity contribution in [1.29, 1.82) is 0 Å². The lowest BCUT2D eigenvalue weighted by molar-refractivity contribution is -0.387. The number of rotatable bonds is 5. The van der Waals surface area contributed by atoms with Crippen molar-refractivity contribution in [3.05, 3.63) is 33.9 Å². The van der Waals surface area contributed by atoms with Crippen LogP contribution in [-0.2, 0) is 4.79 Å². The van der Waals surface area contributed by atoms with E-state index in [9.17, 15) is 19.7 Å². The zero-order valence-electron chi connectivity index (χ0n) is 11.2. The Kier molecular flexibility index (Phi) is 5.09. The largest absolute Gasteiger partial charge is 0.480 e. The molecule has 0 bridgehead atoms. The van der Waals surface area contributed by atoms with E-state index in [2.05, 4.69) is 0 Å². The van der Waals surface area contributed by atoms with Crippen LogP contribution in [0.25, 0.3) is 0 Å². The van der Waals surface area contributed by atoms with E-state index in [0.717, 1.165) is 4.90 Å². The van der Waals surface area contributed by atoms with Gasteiger partial charge in [0.15, 0.2) is 0 Å². The summed E-state index contributed by atoms with van der Waals surface area (Å²) in [4.78, 5) is 34.8. The maximum Gasteiger partial charge on any atom is 0.326 e. The average molecular weight is 298 g/mol. The number of aliphatic carboxylic acids is 1. The summed E-state index contributed by atoms with van der Waals surface area (Å²) in [5.41, 5.74) is -0.0789. The first-order valence-electron chi connectivity index (χ1n) is 5.62. The molecule has 0 radical (unpaired) electrons. The Labute approximate surface area is 119 Å². The first kappa shape index (κ1) is 16.0. The highest BCUT2D eigenvalue weighted by Crippen LogP contribution is 2.28. The summed E-state index contributed by atoms with van der Waals surface area (Å²) in [6, 6.07) is 3.09. The molecular weight excluding hydrogens is 284 g/mol. The van der Waals surface area contributed by atoms with Gasteiger partial charge in [0.25, 0.3) is 11.6 Å². The highest BCUT2D eigenvalue weighted by atomic mass is 32.2. The molecule has 1 atom stereocenters. The minimum absolute atomic E-state index is 0.0881. The Hall–Kier alpha value is -2.09. The Morgan fingerprint density at radius 3 is 2.50 bits per heavy atom. The minimum Gasteiger partial charge on any atom is -0.480 e. The van der Waals surface area contributed by atoms with Gasteiger partial charge in [-0.3, -0.25) is 14.9 Å². The smallest absolute Gasteiger partial charge is 0.326 e. The molecule has 1 unspecified atom stereocenters. The van der Waals surface area contributed by atoms with Crippen LogP contribution in [0, 0.1) is 10.1 Å². The lowest BCUT2D eigenvalue weighted by atomic mass is 10.1. The van der Waals surface area contributed by atoms with Gasteiger partial charge in [-0.05, 0) is 25.3 Å². The topological polar surface area (TPSA) is 101 Å². The molecule has 108 valence electrons. The number of nitro groups is 1. The van der Waals surface area contributed by atoms with E-state index in [0.29, 0.717) is 4.90 Å². The summed E-state index contributed by atoms with van der Waals surface area (Å²) in [5.74, 6) is -1.72. The molecule has 1 aromatic rings. The van der Waals surface area contributed by atoms with Crippen molar-refractivity contribution in [2.45, 2.75) is 17.9 Å². The number of likely N-dealkylation sites (N-methyl/N-ethyl adjacent to an activating group) is 1. The van der Waals surface area contributed by atoms with E-state index in [1.54, 1.807) is 6.26 Å². The van der Waals surface area contributed by atoms with Crippen molar-refractivity contribution < 1.29 is 19.6 Å². The van der Waals surface area contributed by atoms with Crippen molar-refractivity contribution in [2.24, 2.45) is 0 Å². The van der Waals surface area contributed by atoms with E-state index < -0.39 is 22.8 Å². The van der Waals surface area contributed by atoms with Gasteiger partial charge in [-0.1, -0.05) is 0 Å². The van der Waals surface area contributed by atoms with Gasteiger partial charge in [-0.2, -0.15) is 0 Å². The molecule has 1 aromatic carbocycles. The van der Waals surface area contributed by atoms with Crippen molar-refractivity contribution >= 4 is 29.3 Å². The number of amides is 1. The van der Waals surface area contributed by atoms with Gasteiger partial charge in [0, 0.05) is 18.7 Å². The molecule has 1 amide bonds. The van der Waals surface area contributed by atoms with Crippen LogP contribution in [0.3, 0.4) is 0 Å². The van der Waals surface area contributed by atoms with Crippen molar-refractivity contribution in [3.8, 4) is 0 Å². The fraction of sp³-hybridized carbons (Fsp3) is 0.333. The van der Waals surface area contributed by atoms with E-state index >= 15 is 0 Å². The number of thioether (sulfide) groups is 1. The normalized spacial score (nSPS) is 11.8. The molecule has 0 aromatic heterocycles. The van der Waals surface area contributed by atoms with Crippen LogP contribution in [0.2, 0.25) is 0 Å². The summed E-state index contributed by atoms with van der Waals surface area (Å²) in [5, 5.41) is 19.8. The van der Waals surface area contributed by atoms with Crippen LogP contribution in [-0.4, -0.2) is 46.2 Å². The second-order valence-corrected chi connectivity index (χ2v) is 4.92. The van der Waals surface area contributed by atoms with Crippen LogP contribution < -0.4 is 0 Å². The predicted octanol–water partition coefficient (Wildman–Crippen LogP) is 1.86. The SMILES string of the molecule is CSc1ccc(C(=O)N(C)C(C)C(=O)O)cc1[N+](=O)[O-]. The van der Waals surface area contributed by atoms with Crippen LogP contribution in [0.15, 0.2) is 23.1 Å². The van der Waals surface area contributed by atoms with E-state index in [-0.39, 0.29) is 11.3 Å². The van der Waals surface area contributed by atoms with Gasteiger partial charge in [0.1, 0.15) is 6.04 Å². The number of hydrogen-bond donors (Lipinski definition) is 1. The van der Waals surface area contributed by atoms with E-state index in [1.165, 1.54) is 43.9 Å². The third-order valence-corrected chi connectivity index (χ3v) is 3.67. The summed E-state index contributed by atoms with van der Waals surface area (Å²) in [6.07, 6.45) is 1.70. The van der Waals surface area contributed by atoms with Crippen molar-refractivity contribution in [2.75, 3.05) is 13.3 Å². The van der Waals surface area contributed by atoms with E-state index in [1.807, 2.05) is 0 Å². The molecule has 0 aliphatic heterocycles. The molecule has 0 aliphatic carbocycles. The second kappa shape index (κ2) is 6.38. The Morgan fingerprint density at radius 2 is 2.05 bits per heavy atom. The van der Waals surface area contributed by atoms with Gasteiger partial charge in [0.05, 0.1) is 9.82 Å². The van der Waals surface area contributed by atoms with Gasteiger partial charge in [0.2, 0.25) is 0 Å². The maximum absolute atomic E-state index is 12.1. The summed E-state index contributed by atoms with van der Waals surface area (Å²) in [7, 11) is 1.34. The molecule has 0 saturated carbocycles. The fourth-order valence-corrected chi connectivity index (χ4v) is 2.06. The number of carbonyl (C=O) groups is 2. The van der Waals surface area contributed by atoms with Gasteiger partial charge in [-0.15, -0.1) is 11.8 Å². The van der Waals surface area contributed by atoms with Gasteiger partial charge >= 0.3 is 5.97 Å². The fourth-order valence-electron chi connectivity index (χ4n) is 1.51. The Bertz CT molecular complexity index is 561. The standard InChI is InChI=1S/C12H14N2O5S/c1-7(12(16)17)13(2)11(15)8-4-5-10(20-3)9(6-8)14(18)19/h4-7H,1-3H3,(H,16,17). The van der Waals surface area contributed by atoms with Crippen LogP contribution in [0.4, 0.5) is 5.69 Å². The quantitative estimate of drug-likeness (QED) is 0.506. The molecule has 1 N–H and O–H groups in total. The number of nitrogens with zero attached hydrogens (tertiary/aromatic N) is 2. The number of carbonyl (C=O) groups excluding carboxylic acids is 1. The van der Waals surface area contributed by atoms with E-state index in [4.69, 9.17) is 5.11 Å². The average Bonchev–Trinajstić information content (AvgIpc) is 2.43. The molecule has 0 saturated heterocycles. The highest BCUT2D eigenvalue weighted by Gasteiger charge is 2.24. The maximum atomic E-state index is 12.1. The lowest BCUT2D eigenvalue weighted by Crippen LogP contribution is -2.40. The third kappa shape index (κ3) is 3.27. The summed E-state index contributed by atoms with van der Waals surface area (Å²) >= 11 is 1.20. The third-order valence-electron chi connectivity index (χ3n) is 2.88. The molecule has 0 aliphatic rings. The number of benzene rings is 1. The predicted molar refractivity (Wildman–Crippen MR) is 74.1 cm³/mol. The Balaban J connectivity index is 3.14. The molecule has 7 nitrogen and oxygen atoms in total. The number of carboxylic acid groups (broad SMARTS) is 1. The Morgan fingerprint density at radius 1 is 1.45 bits per heavy atom. The minimum atomic E-state index is -1.14. The molecule has 0 heterocycles. The van der Waals surface area contributed by atoms with Crippen LogP contribution in [0.5, 0.6) is 0 Å². The first-order valence-corrected chi connectivity index (χ1v) is 6.84. The van der Waals surface area contributed by atoms with Crippen molar-refractivity contribution in [1.82, 2.24) is 4.90 Å². The monoisotopic (exact) mass is 298 g/mol. The zero-order chi connectivity index (χ0) is 15.4. The highest BCUT2D eigenvalue weighted by molar-refractivity contribution is 7.98.